The van der Waals surface area contributed by atoms with Crippen molar-refractivity contribution in [3.63, 3.8) is 0 Å². The summed E-state index contributed by atoms with van der Waals surface area (Å²) >= 11 is 0. The van der Waals surface area contributed by atoms with E-state index in [2.05, 4.69) is 13.8 Å². The molecule has 0 unspecified atom stereocenters. The van der Waals surface area contributed by atoms with Gasteiger partial charge in [0.1, 0.15) is 0 Å². The van der Waals surface area contributed by atoms with Gasteiger partial charge in [-0.15, -0.1) is 0 Å². The molecule has 0 amide bonds. The van der Waals surface area contributed by atoms with Gasteiger partial charge in [0.05, 0.1) is 6.10 Å². The third-order valence-corrected chi connectivity index (χ3v) is 9.73. The second kappa shape index (κ2) is 15.8. The number of ether oxygens (including phenoxy) is 1. The molecule has 0 aromatic rings. The molecule has 3 saturated carbocycles. The monoisotopic (exact) mass is 446 g/mol. The Hall–Kier alpha value is -0.0400. The van der Waals surface area contributed by atoms with Gasteiger partial charge in [0.25, 0.3) is 0 Å². The topological polar surface area (TPSA) is 9.23 Å². The fourth-order valence-corrected chi connectivity index (χ4v) is 7.39. The minimum Gasteiger partial charge on any atom is -0.378 e. The van der Waals surface area contributed by atoms with Crippen LogP contribution in [0.25, 0.3) is 0 Å². The zero-order valence-electron chi connectivity index (χ0n) is 22.1. The molecule has 0 aromatic carbocycles. The third kappa shape index (κ3) is 10.1. The lowest BCUT2D eigenvalue weighted by Crippen LogP contribution is -2.23. The van der Waals surface area contributed by atoms with Crippen LogP contribution in [0.5, 0.6) is 0 Å². The summed E-state index contributed by atoms with van der Waals surface area (Å²) in [5.41, 5.74) is 0. The molecular formula is C31H58O. The molecule has 32 heavy (non-hydrogen) atoms. The van der Waals surface area contributed by atoms with Crippen LogP contribution in [0, 0.1) is 29.6 Å². The minimum absolute atomic E-state index is 0.588. The van der Waals surface area contributed by atoms with Crippen LogP contribution in [0.3, 0.4) is 0 Å². The van der Waals surface area contributed by atoms with Crippen LogP contribution in [0.1, 0.15) is 155 Å². The smallest absolute Gasteiger partial charge is 0.0575 e. The molecule has 3 fully saturated rings. The van der Waals surface area contributed by atoms with E-state index in [0.717, 1.165) is 36.2 Å². The highest BCUT2D eigenvalue weighted by Crippen LogP contribution is 2.37. The zero-order chi connectivity index (χ0) is 22.4. The molecule has 3 aliphatic carbocycles. The highest BCUT2D eigenvalue weighted by molar-refractivity contribution is 4.77. The van der Waals surface area contributed by atoms with Gasteiger partial charge in [0.2, 0.25) is 0 Å². The van der Waals surface area contributed by atoms with Crippen molar-refractivity contribution < 1.29 is 4.74 Å². The second-order valence-corrected chi connectivity index (χ2v) is 12.3. The molecule has 0 spiro atoms. The van der Waals surface area contributed by atoms with Crippen molar-refractivity contribution in [3.8, 4) is 0 Å². The maximum Gasteiger partial charge on any atom is 0.0575 e. The van der Waals surface area contributed by atoms with Gasteiger partial charge in [-0.2, -0.15) is 0 Å². The average Bonchev–Trinajstić information content (AvgIpc) is 2.83. The predicted molar refractivity (Wildman–Crippen MR) is 140 cm³/mol. The first-order chi connectivity index (χ1) is 15.8. The maximum atomic E-state index is 6.34. The Morgan fingerprint density at radius 3 is 1.38 bits per heavy atom. The standard InChI is InChI=1S/C31H58O/c1-3-5-6-9-27-13-15-28(16-14-27)10-7-25-32-31-23-21-30(22-24-31)20-19-29-17-11-26(8-4-2)12-18-29/h26-31H,3-25H2,1-2H3/t26-,27-,28-,29-,30-,31-. The summed E-state index contributed by atoms with van der Waals surface area (Å²) in [7, 11) is 0. The molecule has 0 saturated heterocycles. The predicted octanol–water partition coefficient (Wildman–Crippen LogP) is 10.1. The Morgan fingerprint density at radius 1 is 0.438 bits per heavy atom. The van der Waals surface area contributed by atoms with E-state index in [1.165, 1.54) is 141 Å². The molecule has 3 aliphatic rings. The molecule has 3 rings (SSSR count). The fourth-order valence-electron chi connectivity index (χ4n) is 7.39. The van der Waals surface area contributed by atoms with E-state index >= 15 is 0 Å². The van der Waals surface area contributed by atoms with Crippen LogP contribution in [-0.2, 0) is 4.74 Å². The van der Waals surface area contributed by atoms with Crippen LogP contribution < -0.4 is 0 Å². The number of hydrogen-bond acceptors (Lipinski definition) is 1. The molecule has 0 N–H and O–H groups in total. The number of rotatable bonds is 14. The van der Waals surface area contributed by atoms with Crippen LogP contribution >= 0.6 is 0 Å². The molecule has 0 atom stereocenters. The second-order valence-electron chi connectivity index (χ2n) is 12.3. The van der Waals surface area contributed by atoms with Gasteiger partial charge in [-0.25, -0.2) is 0 Å². The summed E-state index contributed by atoms with van der Waals surface area (Å²) < 4.78 is 6.34. The van der Waals surface area contributed by atoms with Crippen molar-refractivity contribution in [3.05, 3.63) is 0 Å². The molecule has 1 nitrogen and oxygen atoms in total. The quantitative estimate of drug-likeness (QED) is 0.241. The van der Waals surface area contributed by atoms with Gasteiger partial charge in [0.15, 0.2) is 0 Å². The lowest BCUT2D eigenvalue weighted by atomic mass is 9.76. The molecule has 0 aliphatic heterocycles. The summed E-state index contributed by atoms with van der Waals surface area (Å²) in [6.45, 7) is 5.71. The Kier molecular flexibility index (Phi) is 13.1. The lowest BCUT2D eigenvalue weighted by Gasteiger charge is -2.32. The third-order valence-electron chi connectivity index (χ3n) is 9.73. The normalized spacial score (nSPS) is 33.9. The molecule has 0 aromatic heterocycles. The van der Waals surface area contributed by atoms with Crippen molar-refractivity contribution in [2.45, 2.75) is 161 Å². The Bertz CT molecular complexity index is 435. The highest BCUT2D eigenvalue weighted by atomic mass is 16.5. The summed E-state index contributed by atoms with van der Waals surface area (Å²) in [4.78, 5) is 0. The van der Waals surface area contributed by atoms with Gasteiger partial charge in [-0.05, 0) is 68.1 Å². The Labute approximate surface area is 202 Å². The molecular weight excluding hydrogens is 388 g/mol. The number of unbranched alkanes of at least 4 members (excludes halogenated alkanes) is 2. The molecule has 0 radical (unpaired) electrons. The van der Waals surface area contributed by atoms with Crippen molar-refractivity contribution >= 4 is 0 Å². The zero-order valence-corrected chi connectivity index (χ0v) is 22.1. The van der Waals surface area contributed by atoms with E-state index in [9.17, 15) is 0 Å². The van der Waals surface area contributed by atoms with Crippen molar-refractivity contribution in [2.24, 2.45) is 29.6 Å². The summed E-state index contributed by atoms with van der Waals surface area (Å²) in [5.74, 6) is 5.20. The first-order valence-electron chi connectivity index (χ1n) is 15.4. The van der Waals surface area contributed by atoms with Crippen LogP contribution in [0.2, 0.25) is 0 Å². The first-order valence-corrected chi connectivity index (χ1v) is 15.4. The molecule has 188 valence electrons. The van der Waals surface area contributed by atoms with Gasteiger partial charge >= 0.3 is 0 Å². The molecule has 1 heteroatoms. The van der Waals surface area contributed by atoms with Crippen LogP contribution in [-0.4, -0.2) is 12.7 Å². The van der Waals surface area contributed by atoms with Crippen LogP contribution in [0.4, 0.5) is 0 Å². The molecule has 0 bridgehead atoms. The van der Waals surface area contributed by atoms with E-state index in [4.69, 9.17) is 4.74 Å². The minimum atomic E-state index is 0.588. The SMILES string of the molecule is CCCCC[C@H]1CC[C@H](CCCO[C@H]2CC[C@H](CC[C@H]3CC[C@H](CCC)CC3)CC2)CC1. The Balaban J connectivity index is 1.15. The first kappa shape index (κ1) is 26.6. The van der Waals surface area contributed by atoms with Gasteiger partial charge in [-0.3, -0.25) is 0 Å². The summed E-state index contributed by atoms with van der Waals surface area (Å²) in [5, 5.41) is 0. The fraction of sp³-hybridized carbons (Fsp3) is 1.00. The largest absolute Gasteiger partial charge is 0.378 e. The Morgan fingerprint density at radius 2 is 0.875 bits per heavy atom. The average molecular weight is 447 g/mol. The summed E-state index contributed by atoms with van der Waals surface area (Å²) in [6, 6.07) is 0. The highest BCUT2D eigenvalue weighted by Gasteiger charge is 2.25. The van der Waals surface area contributed by atoms with Crippen molar-refractivity contribution in [1.82, 2.24) is 0 Å². The van der Waals surface area contributed by atoms with E-state index in [1.54, 1.807) is 0 Å². The van der Waals surface area contributed by atoms with Gasteiger partial charge in [-0.1, -0.05) is 117 Å². The molecule has 0 heterocycles. The van der Waals surface area contributed by atoms with Crippen molar-refractivity contribution in [1.29, 1.82) is 0 Å². The van der Waals surface area contributed by atoms with Crippen molar-refractivity contribution in [2.75, 3.05) is 6.61 Å². The lowest BCUT2D eigenvalue weighted by molar-refractivity contribution is 0.0126. The van der Waals surface area contributed by atoms with E-state index in [0.29, 0.717) is 6.10 Å². The van der Waals surface area contributed by atoms with Gasteiger partial charge < -0.3 is 4.74 Å². The number of hydrogen-bond donors (Lipinski definition) is 0. The maximum absolute atomic E-state index is 6.34. The van der Waals surface area contributed by atoms with Gasteiger partial charge in [0, 0.05) is 6.61 Å². The van der Waals surface area contributed by atoms with E-state index in [-0.39, 0.29) is 0 Å². The summed E-state index contributed by atoms with van der Waals surface area (Å²) in [6.07, 6.45) is 32.8. The van der Waals surface area contributed by atoms with E-state index in [1.807, 2.05) is 0 Å². The van der Waals surface area contributed by atoms with Crippen LogP contribution in [0.15, 0.2) is 0 Å². The van der Waals surface area contributed by atoms with E-state index < -0.39 is 0 Å².